The van der Waals surface area contributed by atoms with Gasteiger partial charge in [-0.1, -0.05) is 30.3 Å². The van der Waals surface area contributed by atoms with Gasteiger partial charge in [0.05, 0.1) is 12.5 Å². The van der Waals surface area contributed by atoms with Crippen LogP contribution in [0, 0.1) is 0 Å². The first-order chi connectivity index (χ1) is 9.63. The molecule has 0 fully saturated rings. The molecule has 0 bridgehead atoms. The van der Waals surface area contributed by atoms with Gasteiger partial charge in [0, 0.05) is 18.5 Å². The molecule has 1 amide bonds. The van der Waals surface area contributed by atoms with E-state index in [1.54, 1.807) is 16.2 Å². The molecule has 3 nitrogen and oxygen atoms in total. The van der Waals surface area contributed by atoms with E-state index in [4.69, 9.17) is 5.73 Å². The Bertz CT molecular complexity index is 566. The molecule has 1 atom stereocenters. The van der Waals surface area contributed by atoms with Crippen molar-refractivity contribution in [2.24, 2.45) is 5.73 Å². The first-order valence-corrected chi connectivity index (χ1v) is 7.57. The molecule has 0 aliphatic heterocycles. The van der Waals surface area contributed by atoms with Crippen LogP contribution in [0.25, 0.3) is 0 Å². The zero-order chi connectivity index (χ0) is 14.5. The van der Waals surface area contributed by atoms with Crippen LogP contribution in [0.3, 0.4) is 0 Å². The number of thiophene rings is 1. The van der Waals surface area contributed by atoms with E-state index in [1.807, 2.05) is 42.8 Å². The highest BCUT2D eigenvalue weighted by molar-refractivity contribution is 7.10. The molecular formula is C16H20N2OS. The average molecular weight is 288 g/mol. The third kappa shape index (κ3) is 3.26. The number of carbonyl (C=O) groups is 1. The minimum absolute atomic E-state index is 0.104. The van der Waals surface area contributed by atoms with Gasteiger partial charge in [-0.2, -0.15) is 0 Å². The Labute approximate surface area is 124 Å². The van der Waals surface area contributed by atoms with Gasteiger partial charge in [-0.15, -0.1) is 11.3 Å². The molecule has 106 valence electrons. The second-order valence-corrected chi connectivity index (χ2v) is 5.82. The molecular weight excluding hydrogens is 268 g/mol. The predicted octanol–water partition coefficient (Wildman–Crippen LogP) is 2.97. The number of nitrogens with zero attached hydrogens (tertiary/aromatic N) is 1. The van der Waals surface area contributed by atoms with E-state index in [2.05, 4.69) is 13.0 Å². The Morgan fingerprint density at radius 1 is 1.25 bits per heavy atom. The molecule has 0 radical (unpaired) electrons. The maximum absolute atomic E-state index is 12.4. The smallest absolute Gasteiger partial charge is 0.227 e. The molecule has 0 spiro atoms. The van der Waals surface area contributed by atoms with Crippen LogP contribution in [-0.4, -0.2) is 17.9 Å². The Morgan fingerprint density at radius 2 is 1.95 bits per heavy atom. The average Bonchev–Trinajstić information content (AvgIpc) is 3.00. The van der Waals surface area contributed by atoms with E-state index in [9.17, 15) is 4.79 Å². The standard InChI is InChI=1S/C16H20N2OS/c1-12(15-8-5-9-20-15)18(2)16(19)10-13-6-3-4-7-14(13)11-17/h3-9,12H,10-11,17H2,1-2H3. The summed E-state index contributed by atoms with van der Waals surface area (Å²) in [5.41, 5.74) is 7.77. The normalized spacial score (nSPS) is 12.2. The van der Waals surface area contributed by atoms with Gasteiger partial charge >= 0.3 is 0 Å². The summed E-state index contributed by atoms with van der Waals surface area (Å²) in [5, 5.41) is 2.04. The van der Waals surface area contributed by atoms with E-state index in [-0.39, 0.29) is 11.9 Å². The number of hydrogen-bond donors (Lipinski definition) is 1. The molecule has 1 unspecified atom stereocenters. The minimum atomic E-state index is 0.104. The third-order valence-corrected chi connectivity index (χ3v) is 4.65. The van der Waals surface area contributed by atoms with Crippen LogP contribution in [0.4, 0.5) is 0 Å². The van der Waals surface area contributed by atoms with Crippen molar-refractivity contribution in [3.05, 3.63) is 57.8 Å². The summed E-state index contributed by atoms with van der Waals surface area (Å²) in [6, 6.07) is 12.0. The SMILES string of the molecule is CC(c1cccs1)N(C)C(=O)Cc1ccccc1CN. The molecule has 1 aromatic heterocycles. The number of likely N-dealkylation sites (N-methyl/N-ethyl adjacent to an activating group) is 1. The fourth-order valence-electron chi connectivity index (χ4n) is 2.15. The van der Waals surface area contributed by atoms with Crippen LogP contribution in [-0.2, 0) is 17.8 Å². The van der Waals surface area contributed by atoms with Gasteiger partial charge in [0.2, 0.25) is 5.91 Å². The number of nitrogens with two attached hydrogens (primary N) is 1. The Hall–Kier alpha value is -1.65. The monoisotopic (exact) mass is 288 g/mol. The molecule has 0 saturated heterocycles. The zero-order valence-electron chi connectivity index (χ0n) is 11.9. The van der Waals surface area contributed by atoms with Gasteiger partial charge in [0.15, 0.2) is 0 Å². The number of rotatable bonds is 5. The van der Waals surface area contributed by atoms with Crippen LogP contribution >= 0.6 is 11.3 Å². The van der Waals surface area contributed by atoms with Gasteiger partial charge in [0.1, 0.15) is 0 Å². The summed E-state index contributed by atoms with van der Waals surface area (Å²) >= 11 is 1.68. The van der Waals surface area contributed by atoms with Gasteiger partial charge in [-0.3, -0.25) is 4.79 Å². The second-order valence-electron chi connectivity index (χ2n) is 4.85. The Morgan fingerprint density at radius 3 is 2.55 bits per heavy atom. The van der Waals surface area contributed by atoms with Gasteiger partial charge < -0.3 is 10.6 Å². The highest BCUT2D eigenvalue weighted by atomic mass is 32.1. The molecule has 1 heterocycles. The molecule has 20 heavy (non-hydrogen) atoms. The van der Waals surface area contributed by atoms with Crippen LogP contribution in [0.2, 0.25) is 0 Å². The fourth-order valence-corrected chi connectivity index (χ4v) is 2.98. The lowest BCUT2D eigenvalue weighted by Crippen LogP contribution is -2.30. The third-order valence-electron chi connectivity index (χ3n) is 3.61. The summed E-state index contributed by atoms with van der Waals surface area (Å²) in [7, 11) is 1.86. The van der Waals surface area contributed by atoms with Gasteiger partial charge in [-0.05, 0) is 29.5 Å². The summed E-state index contributed by atoms with van der Waals surface area (Å²) in [4.78, 5) is 15.4. The zero-order valence-corrected chi connectivity index (χ0v) is 12.7. The van der Waals surface area contributed by atoms with Crippen molar-refractivity contribution < 1.29 is 4.79 Å². The molecule has 2 N–H and O–H groups in total. The van der Waals surface area contributed by atoms with Crippen LogP contribution in [0.5, 0.6) is 0 Å². The van der Waals surface area contributed by atoms with Crippen molar-refractivity contribution in [3.63, 3.8) is 0 Å². The van der Waals surface area contributed by atoms with E-state index >= 15 is 0 Å². The highest BCUT2D eigenvalue weighted by Crippen LogP contribution is 2.24. The number of amides is 1. The van der Waals surface area contributed by atoms with Crippen molar-refractivity contribution in [2.45, 2.75) is 25.9 Å². The Kier molecular flexibility index (Phi) is 4.93. The first-order valence-electron chi connectivity index (χ1n) is 6.69. The number of carbonyl (C=O) groups excluding carboxylic acids is 1. The van der Waals surface area contributed by atoms with E-state index in [0.717, 1.165) is 11.1 Å². The number of hydrogen-bond acceptors (Lipinski definition) is 3. The largest absolute Gasteiger partial charge is 0.338 e. The lowest BCUT2D eigenvalue weighted by Gasteiger charge is -2.24. The summed E-state index contributed by atoms with van der Waals surface area (Å²) in [5.74, 6) is 0.117. The van der Waals surface area contributed by atoms with Crippen LogP contribution in [0.1, 0.15) is 29.0 Å². The first kappa shape index (κ1) is 14.8. The molecule has 1 aromatic carbocycles. The topological polar surface area (TPSA) is 46.3 Å². The van der Waals surface area contributed by atoms with E-state index in [1.165, 1.54) is 4.88 Å². The lowest BCUT2D eigenvalue weighted by molar-refractivity contribution is -0.131. The van der Waals surface area contributed by atoms with E-state index in [0.29, 0.717) is 13.0 Å². The second kappa shape index (κ2) is 6.68. The van der Waals surface area contributed by atoms with E-state index < -0.39 is 0 Å². The van der Waals surface area contributed by atoms with Crippen molar-refractivity contribution in [2.75, 3.05) is 7.05 Å². The van der Waals surface area contributed by atoms with Crippen molar-refractivity contribution in [1.82, 2.24) is 4.90 Å². The fraction of sp³-hybridized carbons (Fsp3) is 0.312. The predicted molar refractivity (Wildman–Crippen MR) is 83.5 cm³/mol. The molecule has 0 saturated carbocycles. The van der Waals surface area contributed by atoms with Crippen molar-refractivity contribution in [1.29, 1.82) is 0 Å². The maximum atomic E-state index is 12.4. The van der Waals surface area contributed by atoms with Gasteiger partial charge in [-0.25, -0.2) is 0 Å². The Balaban J connectivity index is 2.08. The lowest BCUT2D eigenvalue weighted by atomic mass is 10.0. The van der Waals surface area contributed by atoms with Crippen LogP contribution in [0.15, 0.2) is 41.8 Å². The summed E-state index contributed by atoms with van der Waals surface area (Å²) in [6.07, 6.45) is 0.402. The molecule has 0 aliphatic rings. The van der Waals surface area contributed by atoms with Crippen molar-refractivity contribution >= 4 is 17.2 Å². The quantitative estimate of drug-likeness (QED) is 0.919. The van der Waals surface area contributed by atoms with Gasteiger partial charge in [0.25, 0.3) is 0 Å². The molecule has 4 heteroatoms. The van der Waals surface area contributed by atoms with Crippen molar-refractivity contribution in [3.8, 4) is 0 Å². The summed E-state index contributed by atoms with van der Waals surface area (Å²) in [6.45, 7) is 2.52. The van der Waals surface area contributed by atoms with Crippen LogP contribution < -0.4 is 5.73 Å². The molecule has 2 rings (SSSR count). The number of benzene rings is 1. The maximum Gasteiger partial charge on any atom is 0.227 e. The molecule has 0 aliphatic carbocycles. The highest BCUT2D eigenvalue weighted by Gasteiger charge is 2.18. The molecule has 2 aromatic rings. The summed E-state index contributed by atoms with van der Waals surface area (Å²) < 4.78 is 0. The minimum Gasteiger partial charge on any atom is -0.338 e.